The predicted molar refractivity (Wildman–Crippen MR) is 93.3 cm³/mol. The Hall–Kier alpha value is -1.99. The number of H-pyrrole nitrogens is 1. The third-order valence-corrected chi connectivity index (χ3v) is 4.60. The summed E-state index contributed by atoms with van der Waals surface area (Å²) in [4.78, 5) is 12.2. The third-order valence-electron chi connectivity index (χ3n) is 4.29. The van der Waals surface area contributed by atoms with Crippen molar-refractivity contribution in [3.63, 3.8) is 0 Å². The Bertz CT molecular complexity index is 768. The van der Waals surface area contributed by atoms with E-state index in [1.165, 1.54) is 5.56 Å². The van der Waals surface area contributed by atoms with Crippen molar-refractivity contribution >= 4 is 18.1 Å². The van der Waals surface area contributed by atoms with E-state index in [4.69, 9.17) is 17.0 Å². The van der Waals surface area contributed by atoms with Gasteiger partial charge in [-0.15, -0.1) is 0 Å². The number of hydrogen-bond donors (Lipinski definition) is 2. The molecule has 0 saturated heterocycles. The summed E-state index contributed by atoms with van der Waals surface area (Å²) >= 11 is 5.16. The van der Waals surface area contributed by atoms with Crippen LogP contribution < -0.4 is 5.32 Å². The second-order valence-electron chi connectivity index (χ2n) is 5.80. The Balaban J connectivity index is 1.52. The lowest BCUT2D eigenvalue weighted by atomic mass is 9.95. The highest BCUT2D eigenvalue weighted by molar-refractivity contribution is 7.71. The number of aromatic amines is 1. The minimum absolute atomic E-state index is 0.00566. The van der Waals surface area contributed by atoms with E-state index in [9.17, 15) is 4.79 Å². The Morgan fingerprint density at radius 1 is 1.50 bits per heavy atom. The predicted octanol–water partition coefficient (Wildman–Crippen LogP) is 2.32. The molecule has 0 bridgehead atoms. The van der Waals surface area contributed by atoms with E-state index < -0.39 is 0 Å². The number of fused-ring (bicyclic) bond motifs is 1. The van der Waals surface area contributed by atoms with Gasteiger partial charge in [-0.3, -0.25) is 9.89 Å². The van der Waals surface area contributed by atoms with Gasteiger partial charge in [0.25, 0.3) is 0 Å². The molecule has 3 rings (SSSR count). The van der Waals surface area contributed by atoms with Crippen molar-refractivity contribution in [1.29, 1.82) is 0 Å². The van der Waals surface area contributed by atoms with E-state index in [2.05, 4.69) is 21.6 Å². The highest BCUT2D eigenvalue weighted by Gasteiger charge is 2.22. The first-order valence-electron chi connectivity index (χ1n) is 8.29. The zero-order valence-corrected chi connectivity index (χ0v) is 14.6. The van der Waals surface area contributed by atoms with Gasteiger partial charge in [0.1, 0.15) is 5.82 Å². The van der Waals surface area contributed by atoms with Crippen LogP contribution in [-0.4, -0.2) is 33.8 Å². The second kappa shape index (κ2) is 7.72. The van der Waals surface area contributed by atoms with Gasteiger partial charge in [0.05, 0.1) is 19.1 Å². The molecule has 0 saturated carbocycles. The molecule has 7 heteroatoms. The van der Waals surface area contributed by atoms with Crippen LogP contribution in [-0.2, 0) is 28.9 Å². The first-order valence-corrected chi connectivity index (χ1v) is 8.70. The summed E-state index contributed by atoms with van der Waals surface area (Å²) in [5.74, 6) is 0.857. The topological polar surface area (TPSA) is 71.9 Å². The minimum Gasteiger partial charge on any atom is -0.373 e. The highest BCUT2D eigenvalue weighted by atomic mass is 32.1. The van der Waals surface area contributed by atoms with Crippen molar-refractivity contribution in [2.24, 2.45) is 0 Å². The largest absolute Gasteiger partial charge is 0.373 e. The number of carbonyl (C=O) groups is 1. The highest BCUT2D eigenvalue weighted by Crippen LogP contribution is 2.29. The van der Waals surface area contributed by atoms with Crippen molar-refractivity contribution in [1.82, 2.24) is 20.1 Å². The van der Waals surface area contributed by atoms with Gasteiger partial charge in [0.15, 0.2) is 4.77 Å². The van der Waals surface area contributed by atoms with Gasteiger partial charge in [0.2, 0.25) is 5.91 Å². The van der Waals surface area contributed by atoms with Crippen LogP contribution in [0.2, 0.25) is 0 Å². The molecule has 128 valence electrons. The first kappa shape index (κ1) is 16.9. The van der Waals surface area contributed by atoms with E-state index >= 15 is 0 Å². The van der Waals surface area contributed by atoms with Crippen molar-refractivity contribution in [3.05, 3.63) is 46.0 Å². The summed E-state index contributed by atoms with van der Waals surface area (Å²) < 4.78 is 8.33. The van der Waals surface area contributed by atoms with Crippen LogP contribution in [0.25, 0.3) is 0 Å². The van der Waals surface area contributed by atoms with Crippen LogP contribution in [0.4, 0.5) is 0 Å². The van der Waals surface area contributed by atoms with Gasteiger partial charge in [-0.2, -0.15) is 5.10 Å². The molecule has 2 aromatic rings. The van der Waals surface area contributed by atoms with Gasteiger partial charge in [0, 0.05) is 19.5 Å². The van der Waals surface area contributed by atoms with Crippen LogP contribution in [0.15, 0.2) is 24.3 Å². The summed E-state index contributed by atoms with van der Waals surface area (Å²) in [5.41, 5.74) is 2.41. The Morgan fingerprint density at radius 2 is 2.33 bits per heavy atom. The molecule has 24 heavy (non-hydrogen) atoms. The number of carbonyl (C=O) groups excluding carboxylic acids is 1. The maximum atomic E-state index is 12.2. The lowest BCUT2D eigenvalue weighted by Gasteiger charge is -2.25. The van der Waals surface area contributed by atoms with Crippen LogP contribution in [0, 0.1) is 4.77 Å². The number of amides is 1. The number of hydrogen-bond acceptors (Lipinski definition) is 4. The number of rotatable bonds is 6. The minimum atomic E-state index is -0.153. The number of benzene rings is 1. The Morgan fingerprint density at radius 3 is 3.17 bits per heavy atom. The molecule has 2 heterocycles. The molecule has 0 spiro atoms. The van der Waals surface area contributed by atoms with Gasteiger partial charge >= 0.3 is 0 Å². The summed E-state index contributed by atoms with van der Waals surface area (Å²) in [6.45, 7) is 3.99. The fraction of sp³-hybridized carbons (Fsp3) is 0.471. The van der Waals surface area contributed by atoms with Crippen molar-refractivity contribution in [2.45, 2.75) is 38.8 Å². The molecule has 2 N–H and O–H groups in total. The Kier molecular flexibility index (Phi) is 5.42. The average Bonchev–Trinajstić information content (AvgIpc) is 2.95. The molecular formula is C17H22N4O2S. The smallest absolute Gasteiger partial charge is 0.222 e. The molecule has 1 amide bonds. The van der Waals surface area contributed by atoms with E-state index in [-0.39, 0.29) is 12.0 Å². The number of nitrogens with zero attached hydrogens (tertiary/aromatic N) is 2. The molecule has 0 aliphatic carbocycles. The monoisotopic (exact) mass is 346 g/mol. The molecule has 1 atom stereocenters. The van der Waals surface area contributed by atoms with Gasteiger partial charge in [-0.05, 0) is 36.7 Å². The Labute approximate surface area is 146 Å². The average molecular weight is 346 g/mol. The van der Waals surface area contributed by atoms with Crippen molar-refractivity contribution in [2.75, 3.05) is 13.2 Å². The summed E-state index contributed by atoms with van der Waals surface area (Å²) in [6.07, 6.45) is 1.75. The van der Waals surface area contributed by atoms with Gasteiger partial charge < -0.3 is 14.6 Å². The zero-order chi connectivity index (χ0) is 16.9. The van der Waals surface area contributed by atoms with E-state index in [0.717, 1.165) is 24.4 Å². The van der Waals surface area contributed by atoms with Crippen LogP contribution >= 0.6 is 12.2 Å². The molecule has 1 aromatic heterocycles. The van der Waals surface area contributed by atoms with Crippen LogP contribution in [0.5, 0.6) is 0 Å². The number of ether oxygens (including phenoxy) is 1. The quantitative estimate of drug-likeness (QED) is 0.788. The fourth-order valence-corrected chi connectivity index (χ4v) is 3.35. The standard InChI is InChI=1S/C17H22N4O2S/c1-2-21-15(19-20-17(21)24)7-9-18-16(22)11-14-13-6-4-3-5-12(13)8-10-23-14/h3-6,14H,2,7-11H2,1H3,(H,18,22)(H,20,24)/t14-/m1/s1. The zero-order valence-electron chi connectivity index (χ0n) is 13.7. The third kappa shape index (κ3) is 3.73. The molecule has 1 aromatic carbocycles. The summed E-state index contributed by atoms with van der Waals surface area (Å²) in [7, 11) is 0. The number of aromatic nitrogens is 3. The van der Waals surface area contributed by atoms with E-state index in [0.29, 0.717) is 30.8 Å². The maximum absolute atomic E-state index is 12.2. The van der Waals surface area contributed by atoms with Crippen molar-refractivity contribution in [3.8, 4) is 0 Å². The normalized spacial score (nSPS) is 16.6. The van der Waals surface area contributed by atoms with Crippen molar-refractivity contribution < 1.29 is 9.53 Å². The van der Waals surface area contributed by atoms with E-state index in [1.54, 1.807) is 0 Å². The summed E-state index contributed by atoms with van der Waals surface area (Å²) in [6, 6.07) is 8.18. The molecule has 1 aliphatic heterocycles. The molecule has 1 aliphatic rings. The molecule has 0 radical (unpaired) electrons. The lowest BCUT2D eigenvalue weighted by molar-refractivity contribution is -0.124. The van der Waals surface area contributed by atoms with Crippen LogP contribution in [0.3, 0.4) is 0 Å². The molecular weight excluding hydrogens is 324 g/mol. The molecule has 0 unspecified atom stereocenters. The fourth-order valence-electron chi connectivity index (χ4n) is 3.07. The van der Waals surface area contributed by atoms with Gasteiger partial charge in [-0.1, -0.05) is 24.3 Å². The maximum Gasteiger partial charge on any atom is 0.222 e. The lowest BCUT2D eigenvalue weighted by Crippen LogP contribution is -2.29. The van der Waals surface area contributed by atoms with E-state index in [1.807, 2.05) is 29.7 Å². The summed E-state index contributed by atoms with van der Waals surface area (Å²) in [5, 5.41) is 9.93. The second-order valence-corrected chi connectivity index (χ2v) is 6.19. The molecule has 6 nitrogen and oxygen atoms in total. The first-order chi connectivity index (χ1) is 11.7. The number of nitrogens with one attached hydrogen (secondary N) is 2. The molecule has 0 fully saturated rings. The van der Waals surface area contributed by atoms with Gasteiger partial charge in [-0.25, -0.2) is 0 Å². The van der Waals surface area contributed by atoms with Crippen LogP contribution in [0.1, 0.15) is 36.4 Å². The SMILES string of the molecule is CCn1c(CCNC(=O)C[C@H]2OCCc3ccccc32)n[nH]c1=S.